The number of carbonyl (C=O) groups excluding carboxylic acids is 1. The monoisotopic (exact) mass is 424 g/mol. The van der Waals surface area contributed by atoms with Crippen LogP contribution in [0.25, 0.3) is 0 Å². The number of piperidine rings is 1. The van der Waals surface area contributed by atoms with E-state index < -0.39 is 11.6 Å². The number of nitrogens with zero attached hydrogens (tertiary/aromatic N) is 2. The zero-order valence-electron chi connectivity index (χ0n) is 15.3. The van der Waals surface area contributed by atoms with Gasteiger partial charge in [0.2, 0.25) is 0 Å². The number of carbonyl (C=O) groups is 1. The van der Waals surface area contributed by atoms with Crippen molar-refractivity contribution in [1.29, 1.82) is 0 Å². The molecule has 1 amide bonds. The molecule has 0 bridgehead atoms. The van der Waals surface area contributed by atoms with Crippen molar-refractivity contribution >= 4 is 35.3 Å². The molecule has 2 aromatic rings. The molecule has 0 radical (unpaired) electrons. The lowest BCUT2D eigenvalue weighted by atomic mass is 10.00. The number of anilines is 1. The molecule has 0 aromatic heterocycles. The van der Waals surface area contributed by atoms with Gasteiger partial charge >= 0.3 is 6.09 Å². The summed E-state index contributed by atoms with van der Waals surface area (Å²) >= 11 is 6.79. The number of ether oxygens (including phenoxy) is 1. The van der Waals surface area contributed by atoms with Gasteiger partial charge in [0.15, 0.2) is 0 Å². The van der Waals surface area contributed by atoms with E-state index in [0.717, 1.165) is 28.9 Å². The quantitative estimate of drug-likeness (QED) is 0.477. The fourth-order valence-electron chi connectivity index (χ4n) is 3.72. The topological polar surface area (TPSA) is 32.8 Å². The fraction of sp³-hybridized carbons (Fsp3) is 0.350. The standard InChI is InChI=1S/C20H19ClF2N2O2S/c1-12-3-2-4-13-11-27-20(26)25(19(12)13)14-5-7-24(8-6-14)28-18-10-16(22)15(21)9-17(18)23/h2-4,9-10,14H,5-8,11H2,1H3. The molecule has 1 saturated heterocycles. The number of hydrogen-bond donors (Lipinski definition) is 0. The zero-order valence-corrected chi connectivity index (χ0v) is 16.8. The molecule has 2 aromatic carbocycles. The summed E-state index contributed by atoms with van der Waals surface area (Å²) in [6.45, 7) is 3.57. The highest BCUT2D eigenvalue weighted by atomic mass is 35.5. The molecule has 0 saturated carbocycles. The number of halogens is 3. The molecule has 148 valence electrons. The molecule has 0 spiro atoms. The van der Waals surface area contributed by atoms with Gasteiger partial charge in [-0.05, 0) is 49.4 Å². The summed E-state index contributed by atoms with van der Waals surface area (Å²) in [5.74, 6) is -1.17. The molecular weight excluding hydrogens is 406 g/mol. The molecule has 0 atom stereocenters. The zero-order chi connectivity index (χ0) is 19.8. The van der Waals surface area contributed by atoms with E-state index in [4.69, 9.17) is 16.3 Å². The van der Waals surface area contributed by atoms with Crippen molar-refractivity contribution in [3.8, 4) is 0 Å². The SMILES string of the molecule is Cc1cccc2c1N(C1CCN(Sc3cc(F)c(Cl)cc3F)CC1)C(=O)OC2. The number of aryl methyl sites for hydroxylation is 1. The highest BCUT2D eigenvalue weighted by molar-refractivity contribution is 7.97. The largest absolute Gasteiger partial charge is 0.444 e. The second kappa shape index (κ2) is 7.89. The molecule has 28 heavy (non-hydrogen) atoms. The molecule has 2 heterocycles. The number of fused-ring (bicyclic) bond motifs is 1. The van der Waals surface area contributed by atoms with Crippen LogP contribution in [0.1, 0.15) is 24.0 Å². The Morgan fingerprint density at radius 2 is 1.93 bits per heavy atom. The van der Waals surface area contributed by atoms with E-state index in [1.54, 1.807) is 4.90 Å². The molecule has 1 fully saturated rings. The smallest absolute Gasteiger partial charge is 0.414 e. The average molecular weight is 425 g/mol. The minimum absolute atomic E-state index is 0.0105. The number of hydrogen-bond acceptors (Lipinski definition) is 4. The highest BCUT2D eigenvalue weighted by Crippen LogP contribution is 2.37. The fourth-order valence-corrected chi connectivity index (χ4v) is 4.84. The van der Waals surface area contributed by atoms with Crippen molar-refractivity contribution < 1.29 is 18.3 Å². The Labute approximate surface area is 171 Å². The lowest BCUT2D eigenvalue weighted by Crippen LogP contribution is -2.48. The van der Waals surface area contributed by atoms with Crippen molar-refractivity contribution in [2.24, 2.45) is 0 Å². The first kappa shape index (κ1) is 19.5. The van der Waals surface area contributed by atoms with Gasteiger partial charge in [-0.2, -0.15) is 0 Å². The first-order valence-electron chi connectivity index (χ1n) is 9.06. The minimum Gasteiger partial charge on any atom is -0.444 e. The normalized spacial score (nSPS) is 18.1. The van der Waals surface area contributed by atoms with Gasteiger partial charge in [-0.25, -0.2) is 17.9 Å². The second-order valence-corrected chi connectivity index (χ2v) is 8.50. The van der Waals surface area contributed by atoms with Crippen molar-refractivity contribution in [2.75, 3.05) is 18.0 Å². The van der Waals surface area contributed by atoms with E-state index in [1.807, 2.05) is 29.4 Å². The van der Waals surface area contributed by atoms with Crippen LogP contribution in [0.5, 0.6) is 0 Å². The molecule has 4 nitrogen and oxygen atoms in total. The van der Waals surface area contributed by atoms with Gasteiger partial charge in [0.1, 0.15) is 18.2 Å². The number of benzene rings is 2. The van der Waals surface area contributed by atoms with Crippen LogP contribution in [-0.2, 0) is 11.3 Å². The van der Waals surface area contributed by atoms with Gasteiger partial charge in [0.05, 0.1) is 15.6 Å². The average Bonchev–Trinajstić information content (AvgIpc) is 2.67. The Morgan fingerprint density at radius 1 is 1.18 bits per heavy atom. The second-order valence-electron chi connectivity index (χ2n) is 6.96. The number of rotatable bonds is 3. The first-order chi connectivity index (χ1) is 13.4. The summed E-state index contributed by atoms with van der Waals surface area (Å²) in [5.41, 5.74) is 3.00. The molecule has 0 N–H and O–H groups in total. The Hall–Kier alpha value is -1.83. The van der Waals surface area contributed by atoms with Gasteiger partial charge in [-0.3, -0.25) is 4.90 Å². The summed E-state index contributed by atoms with van der Waals surface area (Å²) in [5, 5.41) is -0.224. The third-order valence-electron chi connectivity index (χ3n) is 5.10. The van der Waals surface area contributed by atoms with Crippen molar-refractivity contribution in [3.05, 3.63) is 58.1 Å². The van der Waals surface area contributed by atoms with E-state index >= 15 is 0 Å². The number of amides is 1. The lowest BCUT2D eigenvalue weighted by Gasteiger charge is -2.40. The maximum absolute atomic E-state index is 14.0. The molecule has 2 aliphatic heterocycles. The first-order valence-corrected chi connectivity index (χ1v) is 10.2. The summed E-state index contributed by atoms with van der Waals surface area (Å²) in [6.07, 6.45) is 1.11. The van der Waals surface area contributed by atoms with E-state index in [1.165, 1.54) is 11.9 Å². The molecule has 0 aliphatic carbocycles. The molecular formula is C20H19ClF2N2O2S. The van der Waals surface area contributed by atoms with E-state index in [9.17, 15) is 13.6 Å². The predicted molar refractivity (Wildman–Crippen MR) is 106 cm³/mol. The van der Waals surface area contributed by atoms with Crippen molar-refractivity contribution in [3.63, 3.8) is 0 Å². The van der Waals surface area contributed by atoms with Crippen LogP contribution in [0.15, 0.2) is 35.2 Å². The Balaban J connectivity index is 1.47. The van der Waals surface area contributed by atoms with Gasteiger partial charge in [-0.15, -0.1) is 0 Å². The Kier molecular flexibility index (Phi) is 5.49. The summed E-state index contributed by atoms with van der Waals surface area (Å²) in [7, 11) is 0. The van der Waals surface area contributed by atoms with Crippen molar-refractivity contribution in [2.45, 2.75) is 37.3 Å². The predicted octanol–water partition coefficient (Wildman–Crippen LogP) is 5.55. The Bertz CT molecular complexity index is 919. The van der Waals surface area contributed by atoms with Gasteiger partial charge < -0.3 is 4.74 Å². The molecule has 0 unspecified atom stereocenters. The lowest BCUT2D eigenvalue weighted by molar-refractivity contribution is 0.136. The number of para-hydroxylation sites is 1. The third-order valence-corrected chi connectivity index (χ3v) is 6.52. The summed E-state index contributed by atoms with van der Waals surface area (Å²) < 4.78 is 35.0. The number of cyclic esters (lactones) is 1. The van der Waals surface area contributed by atoms with Gasteiger partial charge in [0.25, 0.3) is 0 Å². The molecule has 2 aliphatic rings. The van der Waals surface area contributed by atoms with Crippen LogP contribution in [-0.4, -0.2) is 29.5 Å². The van der Waals surface area contributed by atoms with Crippen LogP contribution in [0, 0.1) is 18.6 Å². The van der Waals surface area contributed by atoms with Crippen LogP contribution < -0.4 is 4.90 Å². The van der Waals surface area contributed by atoms with E-state index in [0.29, 0.717) is 32.5 Å². The Morgan fingerprint density at radius 3 is 2.68 bits per heavy atom. The maximum atomic E-state index is 14.0. The molecule has 4 rings (SSSR count). The van der Waals surface area contributed by atoms with Crippen molar-refractivity contribution in [1.82, 2.24) is 4.31 Å². The van der Waals surface area contributed by atoms with E-state index in [-0.39, 0.29) is 22.1 Å². The third kappa shape index (κ3) is 3.71. The summed E-state index contributed by atoms with van der Waals surface area (Å²) in [4.78, 5) is 14.4. The van der Waals surface area contributed by atoms with Crippen LogP contribution in [0.2, 0.25) is 5.02 Å². The van der Waals surface area contributed by atoms with Gasteiger partial charge in [0, 0.05) is 24.7 Å². The van der Waals surface area contributed by atoms with Crippen LogP contribution in [0.4, 0.5) is 19.3 Å². The maximum Gasteiger partial charge on any atom is 0.414 e. The van der Waals surface area contributed by atoms with Gasteiger partial charge in [-0.1, -0.05) is 29.8 Å². The summed E-state index contributed by atoms with van der Waals surface area (Å²) in [6, 6.07) is 8.06. The van der Waals surface area contributed by atoms with E-state index in [2.05, 4.69) is 0 Å². The van der Waals surface area contributed by atoms with Crippen LogP contribution >= 0.6 is 23.5 Å². The molecule has 8 heteroatoms. The highest BCUT2D eigenvalue weighted by Gasteiger charge is 2.35. The van der Waals surface area contributed by atoms with Crippen LogP contribution in [0.3, 0.4) is 0 Å². The minimum atomic E-state index is -0.636.